The lowest BCUT2D eigenvalue weighted by Gasteiger charge is -2.28. The van der Waals surface area contributed by atoms with Crippen molar-refractivity contribution in [2.24, 2.45) is 17.6 Å². The van der Waals surface area contributed by atoms with Crippen molar-refractivity contribution in [3.05, 3.63) is 12.3 Å². The van der Waals surface area contributed by atoms with Crippen molar-refractivity contribution in [2.45, 2.75) is 25.7 Å². The van der Waals surface area contributed by atoms with Crippen LogP contribution in [0.2, 0.25) is 0 Å². The lowest BCUT2D eigenvalue weighted by Crippen LogP contribution is -2.30. The quantitative estimate of drug-likeness (QED) is 0.655. The Morgan fingerprint density at radius 2 is 1.83 bits per heavy atom. The standard InChI is InChI=1S/C9H15NO2/c1-6(10)7-4-2-3-5-8(7)9(11)12/h7-8H,1-5,10H2,(H,11,12)/t7-,8+/m1/s1. The summed E-state index contributed by atoms with van der Waals surface area (Å²) in [5.41, 5.74) is 6.07. The van der Waals surface area contributed by atoms with Gasteiger partial charge in [0.05, 0.1) is 5.92 Å². The average Bonchev–Trinajstić information content (AvgIpc) is 2.04. The molecule has 0 heterocycles. The van der Waals surface area contributed by atoms with Gasteiger partial charge in [-0.05, 0) is 12.8 Å². The molecule has 0 radical (unpaired) electrons. The van der Waals surface area contributed by atoms with Crippen LogP contribution in [-0.4, -0.2) is 11.1 Å². The van der Waals surface area contributed by atoms with Crippen molar-refractivity contribution in [2.75, 3.05) is 0 Å². The van der Waals surface area contributed by atoms with Gasteiger partial charge in [0, 0.05) is 11.6 Å². The normalized spacial score (nSPS) is 29.7. The third-order valence-corrected chi connectivity index (χ3v) is 2.56. The second-order valence-electron chi connectivity index (χ2n) is 3.41. The van der Waals surface area contributed by atoms with E-state index in [-0.39, 0.29) is 11.8 Å². The third-order valence-electron chi connectivity index (χ3n) is 2.56. The molecule has 3 nitrogen and oxygen atoms in total. The topological polar surface area (TPSA) is 63.3 Å². The monoisotopic (exact) mass is 169 g/mol. The lowest BCUT2D eigenvalue weighted by atomic mass is 9.78. The Kier molecular flexibility index (Phi) is 2.74. The molecule has 1 aliphatic rings. The fourth-order valence-electron chi connectivity index (χ4n) is 1.87. The molecule has 0 bridgehead atoms. The maximum absolute atomic E-state index is 10.8. The van der Waals surface area contributed by atoms with Crippen LogP contribution in [0.3, 0.4) is 0 Å². The van der Waals surface area contributed by atoms with E-state index >= 15 is 0 Å². The van der Waals surface area contributed by atoms with Crippen LogP contribution < -0.4 is 5.73 Å². The van der Waals surface area contributed by atoms with Crippen molar-refractivity contribution in [3.8, 4) is 0 Å². The van der Waals surface area contributed by atoms with E-state index in [4.69, 9.17) is 10.8 Å². The fourth-order valence-corrected chi connectivity index (χ4v) is 1.87. The molecular formula is C9H15NO2. The molecule has 12 heavy (non-hydrogen) atoms. The molecule has 1 saturated carbocycles. The van der Waals surface area contributed by atoms with E-state index in [2.05, 4.69) is 6.58 Å². The van der Waals surface area contributed by atoms with E-state index in [1.54, 1.807) is 0 Å². The Morgan fingerprint density at radius 3 is 2.17 bits per heavy atom. The molecule has 0 amide bonds. The van der Waals surface area contributed by atoms with Gasteiger partial charge in [-0.1, -0.05) is 19.4 Å². The summed E-state index contributed by atoms with van der Waals surface area (Å²) in [5.74, 6) is -1.03. The Balaban J connectivity index is 2.67. The van der Waals surface area contributed by atoms with Crippen molar-refractivity contribution in [1.29, 1.82) is 0 Å². The molecule has 1 aliphatic carbocycles. The van der Waals surface area contributed by atoms with Gasteiger partial charge in [-0.3, -0.25) is 4.79 Å². The van der Waals surface area contributed by atoms with Gasteiger partial charge in [-0.15, -0.1) is 0 Å². The second kappa shape index (κ2) is 3.61. The van der Waals surface area contributed by atoms with E-state index in [9.17, 15) is 4.79 Å². The maximum Gasteiger partial charge on any atom is 0.307 e. The Bertz CT molecular complexity index is 179. The number of nitrogens with two attached hydrogens (primary N) is 1. The molecule has 3 heteroatoms. The number of aliphatic carboxylic acids is 1. The van der Waals surface area contributed by atoms with Crippen LogP contribution in [0.4, 0.5) is 0 Å². The highest BCUT2D eigenvalue weighted by Crippen LogP contribution is 2.32. The van der Waals surface area contributed by atoms with Crippen molar-refractivity contribution >= 4 is 5.97 Å². The van der Waals surface area contributed by atoms with Crippen molar-refractivity contribution < 1.29 is 9.90 Å². The highest BCUT2D eigenvalue weighted by molar-refractivity contribution is 5.71. The van der Waals surface area contributed by atoms with E-state index in [1.807, 2.05) is 0 Å². The molecule has 1 rings (SSSR count). The molecule has 0 spiro atoms. The van der Waals surface area contributed by atoms with Gasteiger partial charge in [0.1, 0.15) is 0 Å². The SMILES string of the molecule is C=C(N)[C@H]1CCCC[C@@H]1C(=O)O. The summed E-state index contributed by atoms with van der Waals surface area (Å²) >= 11 is 0. The van der Waals surface area contributed by atoms with Gasteiger partial charge in [0.15, 0.2) is 0 Å². The predicted octanol–water partition coefficient (Wildman–Crippen LogP) is 1.35. The summed E-state index contributed by atoms with van der Waals surface area (Å²) in [6, 6.07) is 0. The summed E-state index contributed by atoms with van der Waals surface area (Å²) in [6.45, 7) is 3.63. The number of hydrogen-bond donors (Lipinski definition) is 2. The van der Waals surface area contributed by atoms with E-state index in [1.165, 1.54) is 0 Å². The Labute approximate surface area is 72.3 Å². The van der Waals surface area contributed by atoms with E-state index in [0.29, 0.717) is 5.70 Å². The van der Waals surface area contributed by atoms with Gasteiger partial charge >= 0.3 is 5.97 Å². The maximum atomic E-state index is 10.8. The third kappa shape index (κ3) is 1.78. The average molecular weight is 169 g/mol. The summed E-state index contributed by atoms with van der Waals surface area (Å²) in [7, 11) is 0. The van der Waals surface area contributed by atoms with Crippen LogP contribution >= 0.6 is 0 Å². The van der Waals surface area contributed by atoms with Crippen LogP contribution in [0, 0.1) is 11.8 Å². The largest absolute Gasteiger partial charge is 0.481 e. The zero-order valence-corrected chi connectivity index (χ0v) is 7.12. The number of carboxylic acid groups (broad SMARTS) is 1. The molecule has 0 aromatic rings. The molecule has 2 atom stereocenters. The van der Waals surface area contributed by atoms with Gasteiger partial charge in [0.2, 0.25) is 0 Å². The Morgan fingerprint density at radius 1 is 1.33 bits per heavy atom. The first-order valence-electron chi connectivity index (χ1n) is 4.30. The van der Waals surface area contributed by atoms with Crippen molar-refractivity contribution in [1.82, 2.24) is 0 Å². The molecule has 1 fully saturated rings. The molecule has 3 N–H and O–H groups in total. The smallest absolute Gasteiger partial charge is 0.307 e. The van der Waals surface area contributed by atoms with Gasteiger partial charge in [0.25, 0.3) is 0 Å². The molecule has 0 aromatic heterocycles. The number of rotatable bonds is 2. The van der Waals surface area contributed by atoms with Gasteiger partial charge in [-0.2, -0.15) is 0 Å². The fraction of sp³-hybridized carbons (Fsp3) is 0.667. The minimum atomic E-state index is -0.730. The van der Waals surface area contributed by atoms with Crippen molar-refractivity contribution in [3.63, 3.8) is 0 Å². The highest BCUT2D eigenvalue weighted by atomic mass is 16.4. The van der Waals surface area contributed by atoms with Crippen LogP contribution in [0.25, 0.3) is 0 Å². The Hall–Kier alpha value is -0.990. The molecule has 0 unspecified atom stereocenters. The van der Waals surface area contributed by atoms with Gasteiger partial charge in [-0.25, -0.2) is 0 Å². The predicted molar refractivity (Wildman–Crippen MR) is 46.4 cm³/mol. The van der Waals surface area contributed by atoms with Crippen LogP contribution in [0.5, 0.6) is 0 Å². The molecule has 68 valence electrons. The molecule has 0 saturated heterocycles. The molecule has 0 aromatic carbocycles. The van der Waals surface area contributed by atoms with E-state index in [0.717, 1.165) is 25.7 Å². The zero-order valence-electron chi connectivity index (χ0n) is 7.12. The number of carboxylic acids is 1. The van der Waals surface area contributed by atoms with Crippen LogP contribution in [-0.2, 0) is 4.79 Å². The van der Waals surface area contributed by atoms with Crippen LogP contribution in [0.1, 0.15) is 25.7 Å². The lowest BCUT2D eigenvalue weighted by molar-refractivity contribution is -0.144. The summed E-state index contributed by atoms with van der Waals surface area (Å²) in [6.07, 6.45) is 3.70. The minimum absolute atomic E-state index is 0.00347. The number of allylic oxidation sites excluding steroid dienone is 1. The van der Waals surface area contributed by atoms with E-state index < -0.39 is 5.97 Å². The minimum Gasteiger partial charge on any atom is -0.481 e. The molecule has 0 aliphatic heterocycles. The summed E-state index contributed by atoms with van der Waals surface area (Å²) in [4.78, 5) is 10.8. The van der Waals surface area contributed by atoms with Gasteiger partial charge < -0.3 is 10.8 Å². The first kappa shape index (κ1) is 9.10. The first-order valence-corrected chi connectivity index (χ1v) is 4.30. The molecular weight excluding hydrogens is 154 g/mol. The summed E-state index contributed by atoms with van der Waals surface area (Å²) < 4.78 is 0. The number of carbonyl (C=O) groups is 1. The zero-order chi connectivity index (χ0) is 9.14. The first-order chi connectivity index (χ1) is 5.63. The highest BCUT2D eigenvalue weighted by Gasteiger charge is 2.31. The van der Waals surface area contributed by atoms with Crippen LogP contribution in [0.15, 0.2) is 12.3 Å². The summed E-state index contributed by atoms with van der Waals surface area (Å²) in [5, 5.41) is 8.86. The second-order valence-corrected chi connectivity index (χ2v) is 3.41. The number of hydrogen-bond acceptors (Lipinski definition) is 2.